The molecular formula is C9H33Fe2O21P3. The molecule has 0 fully saturated rings. The third-order valence-corrected chi connectivity index (χ3v) is 1.26. The van der Waals surface area contributed by atoms with Gasteiger partial charge in [0.25, 0.3) is 0 Å². The fourth-order valence-corrected chi connectivity index (χ4v) is 0.173. The predicted molar refractivity (Wildman–Crippen MR) is 103 cm³/mol. The average Bonchev–Trinajstić information content (AvgIpc) is 2.62. The molecule has 0 rings (SSSR count). The molecule has 0 saturated carbocycles. The van der Waals surface area contributed by atoms with Crippen LogP contribution in [0.25, 0.3) is 0 Å². The molecule has 0 saturated heterocycles. The van der Waals surface area contributed by atoms with E-state index in [4.69, 9.17) is 104 Å². The Balaban J connectivity index is -0.0000000413. The zero-order valence-electron chi connectivity index (χ0n) is 17.3. The zero-order chi connectivity index (χ0) is 28.5. The monoisotopic (exact) mass is 682 g/mol. The molecule has 0 heterocycles. The van der Waals surface area contributed by atoms with Crippen LogP contribution in [-0.2, 0) is 47.8 Å². The van der Waals surface area contributed by atoms with Gasteiger partial charge >= 0.3 is 23.5 Å². The first-order chi connectivity index (χ1) is 14.4. The molecule has 35 heavy (non-hydrogen) atoms. The fraction of sp³-hybridized carbons (Fsp3) is 1.00. The first-order valence-electron chi connectivity index (χ1n) is 7.47. The number of aliphatic hydroxyl groups is 9. The normalized spacial score (nSPS) is 10.2. The number of phosphoric acid groups is 3. The van der Waals surface area contributed by atoms with Crippen molar-refractivity contribution < 1.29 is 138 Å². The largest absolute Gasteiger partial charge is 0.466 e. The van der Waals surface area contributed by atoms with E-state index < -0.39 is 41.8 Å². The Morgan fingerprint density at radius 1 is 0.371 bits per heavy atom. The summed E-state index contributed by atoms with van der Waals surface area (Å²) in [5, 5.41) is 72.0. The third kappa shape index (κ3) is 225. The molecule has 0 spiro atoms. The molecule has 18 N–H and O–H groups in total. The molecular weight excluding hydrogens is 649 g/mol. The SMILES string of the molecule is O=P(O)(O)O.O=P(O)(O)O.O=P(O)(O)O.OCC(O)CO.OCC(O)CO.OCC(O)CO.[Fe].[Fe]. The van der Waals surface area contributed by atoms with Crippen LogP contribution in [0, 0.1) is 0 Å². The number of aliphatic hydroxyl groups excluding tert-OH is 9. The van der Waals surface area contributed by atoms with Gasteiger partial charge in [0.05, 0.1) is 39.6 Å². The standard InChI is InChI=1S/3C3H8O3.2Fe.3H3O4P/c3*4-1-3(6)2-5;;;3*1-5(2,3)4/h3*3-6H,1-2H2;;;3*(H3,1,2,3,4). The van der Waals surface area contributed by atoms with Crippen LogP contribution in [0.1, 0.15) is 0 Å². The molecule has 226 valence electrons. The van der Waals surface area contributed by atoms with Crippen molar-refractivity contribution >= 4 is 23.5 Å². The van der Waals surface area contributed by atoms with Crippen LogP contribution in [0.5, 0.6) is 0 Å². The summed E-state index contributed by atoms with van der Waals surface area (Å²) in [6.07, 6.45) is -2.86. The van der Waals surface area contributed by atoms with Crippen molar-refractivity contribution in [2.45, 2.75) is 18.3 Å². The van der Waals surface area contributed by atoms with E-state index in [-0.39, 0.29) is 73.8 Å². The van der Waals surface area contributed by atoms with Crippen LogP contribution < -0.4 is 0 Å². The molecule has 0 aromatic carbocycles. The summed E-state index contributed by atoms with van der Waals surface area (Å²) < 4.78 is 26.6. The summed E-state index contributed by atoms with van der Waals surface area (Å²) in [6.45, 7) is -2.19. The zero-order valence-corrected chi connectivity index (χ0v) is 22.2. The van der Waals surface area contributed by atoms with Crippen molar-refractivity contribution in [2.24, 2.45) is 0 Å². The van der Waals surface area contributed by atoms with Gasteiger partial charge in [0.15, 0.2) is 0 Å². The maximum absolute atomic E-state index is 8.88. The quantitative estimate of drug-likeness (QED) is 0.0913. The molecule has 0 bridgehead atoms. The second kappa shape index (κ2) is 35.0. The van der Waals surface area contributed by atoms with E-state index in [1.165, 1.54) is 0 Å². The Bertz CT molecular complexity index is 402. The van der Waals surface area contributed by atoms with Crippen LogP contribution in [0.15, 0.2) is 0 Å². The second-order valence-corrected chi connectivity index (χ2v) is 7.68. The minimum atomic E-state index is -4.64. The molecule has 0 aliphatic heterocycles. The van der Waals surface area contributed by atoms with Gasteiger partial charge in [-0.25, -0.2) is 13.7 Å². The van der Waals surface area contributed by atoms with E-state index in [9.17, 15) is 0 Å². The summed E-state index contributed by atoms with van der Waals surface area (Å²) in [4.78, 5) is 64.7. The number of hydrogen-bond acceptors (Lipinski definition) is 12. The summed E-state index contributed by atoms with van der Waals surface area (Å²) in [5.41, 5.74) is 0. The van der Waals surface area contributed by atoms with Gasteiger partial charge in [-0.2, -0.15) is 0 Å². The first-order valence-corrected chi connectivity index (χ1v) is 12.2. The van der Waals surface area contributed by atoms with Gasteiger partial charge in [-0.15, -0.1) is 0 Å². The molecule has 0 aliphatic carbocycles. The smallest absolute Gasteiger partial charge is 0.394 e. The molecule has 0 radical (unpaired) electrons. The number of rotatable bonds is 6. The van der Waals surface area contributed by atoms with E-state index >= 15 is 0 Å². The van der Waals surface area contributed by atoms with E-state index in [2.05, 4.69) is 0 Å². The molecule has 0 aromatic rings. The van der Waals surface area contributed by atoms with Crippen molar-refractivity contribution in [3.8, 4) is 0 Å². The van der Waals surface area contributed by atoms with E-state index in [0.717, 1.165) is 0 Å². The van der Waals surface area contributed by atoms with Crippen LogP contribution >= 0.6 is 23.5 Å². The maximum Gasteiger partial charge on any atom is 0.466 e. The van der Waals surface area contributed by atoms with Gasteiger partial charge in [0.1, 0.15) is 18.3 Å². The molecule has 0 amide bonds. The van der Waals surface area contributed by atoms with Crippen molar-refractivity contribution in [1.82, 2.24) is 0 Å². The number of hydrogen-bond donors (Lipinski definition) is 18. The Morgan fingerprint density at radius 2 is 0.429 bits per heavy atom. The minimum absolute atomic E-state index is 0. The van der Waals surface area contributed by atoms with Crippen molar-refractivity contribution in [3.63, 3.8) is 0 Å². The van der Waals surface area contributed by atoms with E-state index in [1.807, 2.05) is 0 Å². The van der Waals surface area contributed by atoms with E-state index in [0.29, 0.717) is 0 Å². The first kappa shape index (κ1) is 56.3. The predicted octanol–water partition coefficient (Wildman–Crippen LogP) is -7.80. The molecule has 0 atom stereocenters. The summed E-state index contributed by atoms with van der Waals surface area (Å²) >= 11 is 0. The van der Waals surface area contributed by atoms with Gasteiger partial charge in [0.2, 0.25) is 0 Å². The Kier molecular flexibility index (Phi) is 56.3. The van der Waals surface area contributed by atoms with Crippen molar-refractivity contribution in [2.75, 3.05) is 39.6 Å². The van der Waals surface area contributed by atoms with Gasteiger partial charge in [-0.05, 0) is 0 Å². The fourth-order valence-electron chi connectivity index (χ4n) is 0.173. The summed E-state index contributed by atoms with van der Waals surface area (Å²) in [7, 11) is -13.9. The van der Waals surface area contributed by atoms with Crippen LogP contribution in [0.4, 0.5) is 0 Å². The molecule has 0 aliphatic rings. The van der Waals surface area contributed by atoms with Gasteiger partial charge in [0, 0.05) is 34.1 Å². The Labute approximate surface area is 219 Å². The molecule has 26 heteroatoms. The van der Waals surface area contributed by atoms with Gasteiger partial charge < -0.3 is 90.0 Å². The van der Waals surface area contributed by atoms with Crippen molar-refractivity contribution in [3.05, 3.63) is 0 Å². The molecule has 0 unspecified atom stereocenters. The van der Waals surface area contributed by atoms with Gasteiger partial charge in [-0.3, -0.25) is 0 Å². The van der Waals surface area contributed by atoms with Crippen LogP contribution in [0.2, 0.25) is 0 Å². The minimum Gasteiger partial charge on any atom is -0.394 e. The van der Waals surface area contributed by atoms with Gasteiger partial charge in [-0.1, -0.05) is 0 Å². The summed E-state index contributed by atoms with van der Waals surface area (Å²) in [6, 6.07) is 0. The van der Waals surface area contributed by atoms with Crippen LogP contribution in [-0.4, -0.2) is 148 Å². The molecule has 21 nitrogen and oxygen atoms in total. The average molecular weight is 682 g/mol. The van der Waals surface area contributed by atoms with Crippen molar-refractivity contribution in [1.29, 1.82) is 0 Å². The maximum atomic E-state index is 8.88. The topological polar surface area (TPSA) is 415 Å². The second-order valence-electron chi connectivity index (χ2n) is 4.60. The Morgan fingerprint density at radius 3 is 0.429 bits per heavy atom. The van der Waals surface area contributed by atoms with Crippen LogP contribution in [0.3, 0.4) is 0 Å². The van der Waals surface area contributed by atoms with E-state index in [1.54, 1.807) is 0 Å². The summed E-state index contributed by atoms with van der Waals surface area (Å²) in [5.74, 6) is 0. The Hall–Kier alpha value is 1.01. The molecule has 0 aromatic heterocycles. The third-order valence-electron chi connectivity index (χ3n) is 1.26.